The van der Waals surface area contributed by atoms with Crippen molar-refractivity contribution in [1.29, 1.82) is 0 Å². The van der Waals surface area contributed by atoms with Gasteiger partial charge in [-0.05, 0) is 31.3 Å². The molecule has 0 bridgehead atoms. The van der Waals surface area contributed by atoms with Gasteiger partial charge in [-0.2, -0.15) is 0 Å². The predicted molar refractivity (Wildman–Crippen MR) is 46.6 cm³/mol. The molecule has 0 saturated heterocycles. The third-order valence-electron chi connectivity index (χ3n) is 1.16. The molecule has 0 aromatic heterocycles. The Bertz CT molecular complexity index is 232. The second-order valence-electron chi connectivity index (χ2n) is 2.04. The fourth-order valence-corrected chi connectivity index (χ4v) is 1.27. The Balaban J connectivity index is 2.84. The molecule has 10 heavy (non-hydrogen) atoms. The lowest BCUT2D eigenvalue weighted by Crippen LogP contribution is -1.70. The minimum atomic E-state index is 1.15. The van der Waals surface area contributed by atoms with E-state index in [9.17, 15) is 0 Å². The van der Waals surface area contributed by atoms with E-state index in [1.165, 1.54) is 17.5 Å². The first-order valence-electron chi connectivity index (χ1n) is 3.02. The molecule has 0 N–H and O–H groups in total. The summed E-state index contributed by atoms with van der Waals surface area (Å²) in [5.41, 5.74) is 1.26. The number of hydrogen-bond acceptors (Lipinski definition) is 2. The van der Waals surface area contributed by atoms with E-state index in [0.29, 0.717) is 0 Å². The van der Waals surface area contributed by atoms with Gasteiger partial charge in [0.1, 0.15) is 0 Å². The van der Waals surface area contributed by atoms with Crippen molar-refractivity contribution in [3.05, 3.63) is 29.8 Å². The van der Waals surface area contributed by atoms with Crippen LogP contribution in [0.2, 0.25) is 0 Å². The van der Waals surface area contributed by atoms with Crippen LogP contribution in [0.15, 0.2) is 33.6 Å². The van der Waals surface area contributed by atoms with Crippen LogP contribution in [0.5, 0.6) is 0 Å². The number of nitrogens with zero attached hydrogens (tertiary/aromatic N) is 1. The first kappa shape index (κ1) is 7.35. The van der Waals surface area contributed by atoms with Crippen molar-refractivity contribution in [2.45, 2.75) is 11.8 Å². The maximum Gasteiger partial charge on any atom is 0.0307 e. The van der Waals surface area contributed by atoms with Gasteiger partial charge in [-0.1, -0.05) is 12.1 Å². The summed E-state index contributed by atoms with van der Waals surface area (Å²) in [6, 6.07) is 8.18. The average molecular weight is 151 g/mol. The van der Waals surface area contributed by atoms with Crippen LogP contribution < -0.4 is 0 Å². The molecule has 52 valence electrons. The lowest BCUT2D eigenvalue weighted by molar-refractivity contribution is 1.36. The van der Waals surface area contributed by atoms with Gasteiger partial charge in [-0.15, -0.1) is 0 Å². The molecule has 2 heteroatoms. The number of rotatable bonds is 2. The molecule has 0 aliphatic carbocycles. The van der Waals surface area contributed by atoms with Crippen LogP contribution >= 0.6 is 11.9 Å². The van der Waals surface area contributed by atoms with Crippen LogP contribution in [0.3, 0.4) is 0 Å². The molecule has 0 spiro atoms. The van der Waals surface area contributed by atoms with E-state index < -0.39 is 0 Å². The van der Waals surface area contributed by atoms with Gasteiger partial charge in [-0.25, -0.2) is 4.40 Å². The quantitative estimate of drug-likeness (QED) is 0.467. The lowest BCUT2D eigenvalue weighted by atomic mass is 10.2. The Labute approximate surface area is 65.3 Å². The second-order valence-corrected chi connectivity index (χ2v) is 2.95. The highest BCUT2D eigenvalue weighted by atomic mass is 32.2. The molecule has 0 heterocycles. The Morgan fingerprint density at radius 1 is 1.50 bits per heavy atom. The molecule has 0 atom stereocenters. The topological polar surface area (TPSA) is 12.4 Å². The zero-order chi connectivity index (χ0) is 7.40. The van der Waals surface area contributed by atoms with E-state index in [2.05, 4.69) is 30.2 Å². The summed E-state index contributed by atoms with van der Waals surface area (Å²) in [6.45, 7) is 5.46. The van der Waals surface area contributed by atoms with E-state index >= 15 is 0 Å². The van der Waals surface area contributed by atoms with Crippen LogP contribution in [0.1, 0.15) is 5.56 Å². The van der Waals surface area contributed by atoms with Gasteiger partial charge >= 0.3 is 0 Å². The highest BCUT2D eigenvalue weighted by Gasteiger charge is 1.89. The van der Waals surface area contributed by atoms with Crippen molar-refractivity contribution < 1.29 is 0 Å². The SMILES string of the molecule is C=NSc1cccc(C)c1. The van der Waals surface area contributed by atoms with Crippen molar-refractivity contribution >= 4 is 18.7 Å². The van der Waals surface area contributed by atoms with Crippen LogP contribution in [0.25, 0.3) is 0 Å². The molecular formula is C8H9NS. The summed E-state index contributed by atoms with van der Waals surface area (Å²) in [6.07, 6.45) is 0. The highest BCUT2D eigenvalue weighted by Crippen LogP contribution is 2.18. The van der Waals surface area contributed by atoms with Crippen LogP contribution in [-0.2, 0) is 0 Å². The lowest BCUT2D eigenvalue weighted by Gasteiger charge is -1.94. The van der Waals surface area contributed by atoms with Gasteiger partial charge in [0.25, 0.3) is 0 Å². The van der Waals surface area contributed by atoms with Crippen LogP contribution in [-0.4, -0.2) is 6.72 Å². The summed E-state index contributed by atoms with van der Waals surface area (Å²) in [7, 11) is 0. The van der Waals surface area contributed by atoms with E-state index in [1.807, 2.05) is 12.1 Å². The molecule has 1 aromatic carbocycles. The first-order chi connectivity index (χ1) is 4.83. The second kappa shape index (κ2) is 3.42. The molecule has 0 aliphatic heterocycles. The van der Waals surface area contributed by atoms with E-state index in [4.69, 9.17) is 0 Å². The standard InChI is InChI=1S/C8H9NS/c1-7-4-3-5-8(6-7)10-9-2/h3-6H,2H2,1H3. The molecule has 0 aliphatic rings. The van der Waals surface area contributed by atoms with Gasteiger partial charge in [0, 0.05) is 16.8 Å². The van der Waals surface area contributed by atoms with Crippen molar-refractivity contribution in [3.63, 3.8) is 0 Å². The molecule has 0 fully saturated rings. The van der Waals surface area contributed by atoms with Crippen LogP contribution in [0.4, 0.5) is 0 Å². The maximum absolute atomic E-state index is 3.71. The third-order valence-corrected chi connectivity index (χ3v) is 1.75. The third kappa shape index (κ3) is 1.88. The van der Waals surface area contributed by atoms with Crippen molar-refractivity contribution in [2.75, 3.05) is 0 Å². The Hall–Kier alpha value is -0.760. The fraction of sp³-hybridized carbons (Fsp3) is 0.125. The average Bonchev–Trinajstić information content (AvgIpc) is 1.88. The number of hydrogen-bond donors (Lipinski definition) is 0. The van der Waals surface area contributed by atoms with Gasteiger partial charge in [0.05, 0.1) is 0 Å². The molecule has 0 radical (unpaired) electrons. The zero-order valence-electron chi connectivity index (χ0n) is 5.87. The normalized spacial score (nSPS) is 9.30. The van der Waals surface area contributed by atoms with Gasteiger partial charge in [0.2, 0.25) is 0 Å². The minimum absolute atomic E-state index is 1.15. The van der Waals surface area contributed by atoms with E-state index in [-0.39, 0.29) is 0 Å². The largest absolute Gasteiger partial charge is 0.227 e. The Morgan fingerprint density at radius 2 is 2.30 bits per heavy atom. The molecular weight excluding hydrogens is 142 g/mol. The van der Waals surface area contributed by atoms with Crippen molar-refractivity contribution in [3.8, 4) is 0 Å². The Kier molecular flexibility index (Phi) is 2.51. The summed E-state index contributed by atoms with van der Waals surface area (Å²) < 4.78 is 3.71. The molecule has 0 amide bonds. The molecule has 0 saturated carbocycles. The Morgan fingerprint density at radius 3 is 2.90 bits per heavy atom. The fourth-order valence-electron chi connectivity index (χ4n) is 0.747. The summed E-state index contributed by atoms with van der Waals surface area (Å²) in [5.74, 6) is 0. The monoisotopic (exact) mass is 151 g/mol. The zero-order valence-corrected chi connectivity index (χ0v) is 6.69. The van der Waals surface area contributed by atoms with Gasteiger partial charge in [0.15, 0.2) is 0 Å². The first-order valence-corrected chi connectivity index (χ1v) is 3.80. The number of benzene rings is 1. The summed E-state index contributed by atoms with van der Waals surface area (Å²) >= 11 is 1.40. The smallest absolute Gasteiger partial charge is 0.0307 e. The highest BCUT2D eigenvalue weighted by molar-refractivity contribution is 7.98. The predicted octanol–water partition coefficient (Wildman–Crippen LogP) is 2.70. The van der Waals surface area contributed by atoms with E-state index in [1.54, 1.807) is 0 Å². The molecule has 1 aromatic rings. The maximum atomic E-state index is 3.71. The minimum Gasteiger partial charge on any atom is -0.227 e. The summed E-state index contributed by atoms with van der Waals surface area (Å²) in [5, 5.41) is 0. The molecule has 1 nitrogen and oxygen atoms in total. The molecule has 0 unspecified atom stereocenters. The molecule has 1 rings (SSSR count). The van der Waals surface area contributed by atoms with Crippen molar-refractivity contribution in [2.24, 2.45) is 4.40 Å². The van der Waals surface area contributed by atoms with Gasteiger partial charge < -0.3 is 0 Å². The number of aryl methyl sites for hydroxylation is 1. The summed E-state index contributed by atoms with van der Waals surface area (Å²) in [4.78, 5) is 1.15. The van der Waals surface area contributed by atoms with Crippen LogP contribution in [0, 0.1) is 6.92 Å². The van der Waals surface area contributed by atoms with E-state index in [0.717, 1.165) is 4.90 Å². The van der Waals surface area contributed by atoms with Gasteiger partial charge in [-0.3, -0.25) is 0 Å². The van der Waals surface area contributed by atoms with Crippen molar-refractivity contribution in [1.82, 2.24) is 0 Å².